The Balaban J connectivity index is 1.34. The van der Waals surface area contributed by atoms with E-state index in [-0.39, 0.29) is 27.6 Å². The van der Waals surface area contributed by atoms with Crippen LogP contribution in [0.25, 0.3) is 105 Å². The molecule has 0 saturated heterocycles. The summed E-state index contributed by atoms with van der Waals surface area (Å²) < 4.78 is 73.7. The summed E-state index contributed by atoms with van der Waals surface area (Å²) in [4.78, 5) is 15.4. The van der Waals surface area contributed by atoms with Crippen molar-refractivity contribution in [1.82, 2.24) is 19.5 Å². The Bertz CT molecular complexity index is 3650. The molecule has 0 fully saturated rings. The van der Waals surface area contributed by atoms with Crippen LogP contribution in [0.1, 0.15) is 11.0 Å². The van der Waals surface area contributed by atoms with E-state index in [4.69, 9.17) is 23.2 Å². The second kappa shape index (κ2) is 12.6. The molecule has 0 amide bonds. The Labute approximate surface area is 328 Å². The molecule has 11 aromatic rings. The second-order valence-electron chi connectivity index (χ2n) is 13.4. The average Bonchev–Trinajstić information content (AvgIpc) is 3.70. The predicted molar refractivity (Wildman–Crippen MR) is 228 cm³/mol. The Morgan fingerprint density at radius 2 is 0.800 bits per heavy atom. The zero-order valence-electron chi connectivity index (χ0n) is 37.1. The molecule has 0 aliphatic rings. The number of aromatic nitrogens is 4. The fourth-order valence-electron chi connectivity index (χ4n) is 7.78. The minimum Gasteiger partial charge on any atom is -0.308 e. The summed E-state index contributed by atoms with van der Waals surface area (Å²) in [5.74, 6) is 1.02. The molecule has 55 heavy (non-hydrogen) atoms. The lowest BCUT2D eigenvalue weighted by atomic mass is 9.92. The van der Waals surface area contributed by atoms with Gasteiger partial charge in [0.15, 0.2) is 17.5 Å². The summed E-state index contributed by atoms with van der Waals surface area (Å²) in [7, 11) is 0. The molecule has 0 radical (unpaired) electrons. The zero-order chi connectivity index (χ0) is 43.3. The summed E-state index contributed by atoms with van der Waals surface area (Å²) in [6.07, 6.45) is 0. The van der Waals surface area contributed by atoms with Crippen LogP contribution in [0.4, 0.5) is 0 Å². The van der Waals surface area contributed by atoms with Gasteiger partial charge in [-0.25, -0.2) is 15.0 Å². The van der Waals surface area contributed by atoms with Crippen LogP contribution < -0.4 is 0 Å². The lowest BCUT2D eigenvalue weighted by molar-refractivity contribution is 1.07. The highest BCUT2D eigenvalue weighted by Gasteiger charge is 2.22. The largest absolute Gasteiger partial charge is 0.308 e. The first kappa shape index (κ1) is 24.0. The van der Waals surface area contributed by atoms with E-state index in [2.05, 4.69) is 18.2 Å². The van der Waals surface area contributed by atoms with E-state index in [1.807, 2.05) is 127 Å². The summed E-state index contributed by atoms with van der Waals surface area (Å²) in [6.45, 7) is 0. The fourth-order valence-corrected chi connectivity index (χ4v) is 7.78. The van der Waals surface area contributed by atoms with Gasteiger partial charge < -0.3 is 4.57 Å². The van der Waals surface area contributed by atoms with Gasteiger partial charge in [0.25, 0.3) is 0 Å². The van der Waals surface area contributed by atoms with Crippen molar-refractivity contribution in [1.29, 1.82) is 0 Å². The summed E-state index contributed by atoms with van der Waals surface area (Å²) in [5.41, 5.74) is 4.26. The first-order chi connectivity index (χ1) is 30.6. The van der Waals surface area contributed by atoms with Gasteiger partial charge in [0, 0.05) is 27.5 Å². The topological polar surface area (TPSA) is 43.6 Å². The van der Waals surface area contributed by atoms with Gasteiger partial charge in [-0.2, -0.15) is 0 Å². The molecule has 0 aliphatic heterocycles. The molecule has 0 saturated carbocycles. The van der Waals surface area contributed by atoms with Crippen LogP contribution in [0, 0.1) is 0 Å². The Kier molecular flexibility index (Phi) is 5.50. The zero-order valence-corrected chi connectivity index (χ0v) is 29.1. The number of nitrogens with zero attached hydrogens (tertiary/aromatic N) is 4. The Morgan fingerprint density at radius 3 is 1.42 bits per heavy atom. The van der Waals surface area contributed by atoms with Crippen molar-refractivity contribution in [3.8, 4) is 51.0 Å². The van der Waals surface area contributed by atoms with Gasteiger partial charge in [-0.15, -0.1) is 0 Å². The van der Waals surface area contributed by atoms with Crippen molar-refractivity contribution in [3.05, 3.63) is 194 Å². The molecule has 11 rings (SSSR count). The van der Waals surface area contributed by atoms with Crippen LogP contribution in [-0.2, 0) is 0 Å². The molecule has 0 bridgehead atoms. The van der Waals surface area contributed by atoms with Crippen molar-refractivity contribution < 1.29 is 11.0 Å². The van der Waals surface area contributed by atoms with E-state index < -0.39 is 48.3 Å². The van der Waals surface area contributed by atoms with E-state index in [1.165, 1.54) is 0 Å². The highest BCUT2D eigenvalue weighted by molar-refractivity contribution is 6.26. The number of hydrogen-bond donors (Lipinski definition) is 0. The number of para-hydroxylation sites is 2. The molecule has 0 N–H and O–H groups in total. The molecule has 0 atom stereocenters. The Hall–Kier alpha value is -7.43. The van der Waals surface area contributed by atoms with Gasteiger partial charge >= 0.3 is 0 Å². The number of rotatable bonds is 5. The van der Waals surface area contributed by atoms with E-state index in [1.54, 1.807) is 4.57 Å². The molecule has 2 heterocycles. The lowest BCUT2D eigenvalue weighted by Crippen LogP contribution is -2.04. The minimum atomic E-state index is -0.512. The van der Waals surface area contributed by atoms with Gasteiger partial charge in [0.2, 0.25) is 0 Å². The standard InChI is InChI=1S/C51H32N4/c1-3-16-33(17-4-1)35-20-15-21-36(30-35)50-52-49(34-18-5-2-6-19-34)53-51(54-50)45-31-43-39-24-9-7-22-37(39)38-23-8-10-25-40(38)44(43)32-48(45)55-46-28-13-11-26-41(46)42-27-12-14-29-47(42)55/h1-32H/i11D,12D,13D,14D,26D,27D,28D,29D. The summed E-state index contributed by atoms with van der Waals surface area (Å²) >= 11 is 0. The molecule has 0 aliphatic carbocycles. The van der Waals surface area contributed by atoms with Crippen molar-refractivity contribution >= 4 is 54.1 Å². The van der Waals surface area contributed by atoms with Crippen molar-refractivity contribution in [3.63, 3.8) is 0 Å². The highest BCUT2D eigenvalue weighted by atomic mass is 15.1. The second-order valence-corrected chi connectivity index (χ2v) is 13.4. The van der Waals surface area contributed by atoms with E-state index in [9.17, 15) is 2.74 Å². The monoisotopic (exact) mass is 708 g/mol. The molecular formula is C51H32N4. The maximum absolute atomic E-state index is 9.39. The van der Waals surface area contributed by atoms with Crippen LogP contribution >= 0.6 is 0 Å². The molecule has 9 aromatic carbocycles. The van der Waals surface area contributed by atoms with Crippen molar-refractivity contribution in [2.24, 2.45) is 0 Å². The molecule has 256 valence electrons. The quantitative estimate of drug-likeness (QED) is 0.167. The van der Waals surface area contributed by atoms with Crippen LogP contribution in [0.5, 0.6) is 0 Å². The van der Waals surface area contributed by atoms with Crippen molar-refractivity contribution in [2.45, 2.75) is 0 Å². The Morgan fingerprint density at radius 1 is 0.345 bits per heavy atom. The van der Waals surface area contributed by atoms with Crippen LogP contribution in [-0.4, -0.2) is 19.5 Å². The molecule has 2 aromatic heterocycles. The van der Waals surface area contributed by atoms with E-state index in [0.29, 0.717) is 22.9 Å². The summed E-state index contributed by atoms with van der Waals surface area (Å²) in [5, 5.41) is 5.54. The number of benzene rings is 9. The molecule has 4 heteroatoms. The summed E-state index contributed by atoms with van der Waals surface area (Å²) in [6, 6.07) is 44.0. The van der Waals surface area contributed by atoms with Gasteiger partial charge in [0.1, 0.15) is 0 Å². The van der Waals surface area contributed by atoms with E-state index >= 15 is 0 Å². The third kappa shape index (κ3) is 5.11. The lowest BCUT2D eigenvalue weighted by Gasteiger charge is -2.18. The molecule has 0 spiro atoms. The minimum absolute atomic E-state index is 0.00168. The van der Waals surface area contributed by atoms with Gasteiger partial charge in [0.05, 0.1) is 27.7 Å². The van der Waals surface area contributed by atoms with Gasteiger partial charge in [-0.05, 0) is 73.7 Å². The first-order valence-corrected chi connectivity index (χ1v) is 18.0. The fraction of sp³-hybridized carbons (Fsp3) is 0. The first-order valence-electron chi connectivity index (χ1n) is 22.0. The highest BCUT2D eigenvalue weighted by Crippen LogP contribution is 2.42. The van der Waals surface area contributed by atoms with Crippen LogP contribution in [0.3, 0.4) is 0 Å². The van der Waals surface area contributed by atoms with Gasteiger partial charge in [-0.1, -0.05) is 164 Å². The van der Waals surface area contributed by atoms with Crippen molar-refractivity contribution in [2.75, 3.05) is 0 Å². The van der Waals surface area contributed by atoms with Gasteiger partial charge in [-0.3, -0.25) is 0 Å². The number of fused-ring (bicyclic) bond motifs is 9. The normalized spacial score (nSPS) is 13.7. The number of hydrogen-bond acceptors (Lipinski definition) is 3. The average molecular weight is 709 g/mol. The maximum Gasteiger partial charge on any atom is 0.166 e. The third-order valence-electron chi connectivity index (χ3n) is 10.3. The third-order valence-corrected chi connectivity index (χ3v) is 10.3. The SMILES string of the molecule is [2H]c1c([2H])c([2H])c2c(c1[2H])c1c([2H])c([2H])c([2H])c([2H])c1n2-c1cc2c3ccccc3c3ccccc3c2cc1-c1nc(-c2ccccc2)nc(-c2cccc(-c3ccccc3)c2)n1. The molecule has 4 nitrogen and oxygen atoms in total. The smallest absolute Gasteiger partial charge is 0.166 e. The molecule has 0 unspecified atom stereocenters. The predicted octanol–water partition coefficient (Wildman–Crippen LogP) is 13.1. The van der Waals surface area contributed by atoms with Crippen LogP contribution in [0.2, 0.25) is 0 Å². The maximum atomic E-state index is 9.39. The van der Waals surface area contributed by atoms with Crippen LogP contribution in [0.15, 0.2) is 194 Å². The van der Waals surface area contributed by atoms with E-state index in [0.717, 1.165) is 54.6 Å². The molecular weight excluding hydrogens is 669 g/mol.